The van der Waals surface area contributed by atoms with Crippen LogP contribution in [0.5, 0.6) is 0 Å². The molecule has 70 valence electrons. The third-order valence-corrected chi connectivity index (χ3v) is 1.74. The maximum Gasteiger partial charge on any atom is 0.338 e. The largest absolute Gasteiger partial charge is 0.478 e. The third-order valence-electron chi connectivity index (χ3n) is 1.74. The lowest BCUT2D eigenvalue weighted by atomic mass is 10.3. The van der Waals surface area contributed by atoms with Gasteiger partial charge in [-0.05, 0) is 12.1 Å². The van der Waals surface area contributed by atoms with Gasteiger partial charge in [0.1, 0.15) is 0 Å². The van der Waals surface area contributed by atoms with Crippen molar-refractivity contribution in [3.63, 3.8) is 0 Å². The standard InChI is InChI=1S/C9H7N3O2/c13-9(14)6-4-11-8(12-5-6)7-2-1-3-10-7/h1-5,10H,(H,13,14). The van der Waals surface area contributed by atoms with E-state index < -0.39 is 5.97 Å². The van der Waals surface area contributed by atoms with Crippen LogP contribution in [-0.4, -0.2) is 26.0 Å². The number of hydrogen-bond donors (Lipinski definition) is 2. The van der Waals surface area contributed by atoms with E-state index in [0.29, 0.717) is 5.82 Å². The molecule has 2 N–H and O–H groups in total. The van der Waals surface area contributed by atoms with E-state index in [0.717, 1.165) is 5.69 Å². The second-order valence-electron chi connectivity index (χ2n) is 2.68. The van der Waals surface area contributed by atoms with Crippen molar-refractivity contribution in [1.29, 1.82) is 0 Å². The molecule has 0 amide bonds. The van der Waals surface area contributed by atoms with E-state index in [-0.39, 0.29) is 5.56 Å². The summed E-state index contributed by atoms with van der Waals surface area (Å²) in [6.45, 7) is 0. The van der Waals surface area contributed by atoms with Crippen LogP contribution in [0.4, 0.5) is 0 Å². The summed E-state index contributed by atoms with van der Waals surface area (Å²) in [7, 11) is 0. The Morgan fingerprint density at radius 1 is 1.36 bits per heavy atom. The summed E-state index contributed by atoms with van der Waals surface area (Å²) in [6, 6.07) is 3.64. The lowest BCUT2D eigenvalue weighted by Gasteiger charge is -1.96. The van der Waals surface area contributed by atoms with E-state index in [1.807, 2.05) is 12.1 Å². The Labute approximate surface area is 79.5 Å². The highest BCUT2D eigenvalue weighted by Crippen LogP contribution is 2.10. The van der Waals surface area contributed by atoms with Gasteiger partial charge in [0.2, 0.25) is 0 Å². The number of hydrogen-bond acceptors (Lipinski definition) is 3. The van der Waals surface area contributed by atoms with E-state index in [9.17, 15) is 4.79 Å². The van der Waals surface area contributed by atoms with Gasteiger partial charge in [0.05, 0.1) is 11.3 Å². The number of aromatic carboxylic acids is 1. The summed E-state index contributed by atoms with van der Waals surface area (Å²) in [5.41, 5.74) is 0.849. The van der Waals surface area contributed by atoms with Crippen LogP contribution in [0.3, 0.4) is 0 Å². The van der Waals surface area contributed by atoms with Gasteiger partial charge in [0.15, 0.2) is 5.82 Å². The molecular formula is C9H7N3O2. The van der Waals surface area contributed by atoms with Crippen LogP contribution < -0.4 is 0 Å². The van der Waals surface area contributed by atoms with Gasteiger partial charge in [-0.2, -0.15) is 0 Å². The highest BCUT2D eigenvalue weighted by molar-refractivity contribution is 5.86. The zero-order valence-corrected chi connectivity index (χ0v) is 7.14. The summed E-state index contributed by atoms with van der Waals surface area (Å²) in [6.07, 6.45) is 4.32. The fraction of sp³-hybridized carbons (Fsp3) is 0. The van der Waals surface area contributed by atoms with Gasteiger partial charge < -0.3 is 10.1 Å². The average Bonchev–Trinajstić information content (AvgIpc) is 2.71. The summed E-state index contributed by atoms with van der Waals surface area (Å²) in [5.74, 6) is -0.539. The molecule has 0 aliphatic rings. The van der Waals surface area contributed by atoms with E-state index in [1.165, 1.54) is 12.4 Å². The maximum atomic E-state index is 10.5. The number of aromatic amines is 1. The van der Waals surface area contributed by atoms with Gasteiger partial charge in [-0.3, -0.25) is 0 Å². The molecule has 0 saturated carbocycles. The minimum absolute atomic E-state index is 0.0836. The monoisotopic (exact) mass is 189 g/mol. The van der Waals surface area contributed by atoms with Crippen LogP contribution in [0.15, 0.2) is 30.7 Å². The Balaban J connectivity index is 2.36. The Morgan fingerprint density at radius 3 is 2.57 bits per heavy atom. The summed E-state index contributed by atoms with van der Waals surface area (Å²) in [5, 5.41) is 8.62. The molecule has 5 heteroatoms. The molecule has 0 unspecified atom stereocenters. The van der Waals surface area contributed by atoms with Gasteiger partial charge in [-0.25, -0.2) is 14.8 Å². The number of nitrogens with zero attached hydrogens (tertiary/aromatic N) is 2. The molecule has 2 aromatic heterocycles. The van der Waals surface area contributed by atoms with Crippen LogP contribution >= 0.6 is 0 Å². The van der Waals surface area contributed by atoms with Crippen molar-refractivity contribution in [1.82, 2.24) is 15.0 Å². The molecule has 14 heavy (non-hydrogen) atoms. The van der Waals surface area contributed by atoms with E-state index in [2.05, 4.69) is 15.0 Å². The average molecular weight is 189 g/mol. The number of aromatic nitrogens is 3. The van der Waals surface area contributed by atoms with Gasteiger partial charge in [0.25, 0.3) is 0 Å². The smallest absolute Gasteiger partial charge is 0.338 e. The van der Waals surface area contributed by atoms with Crippen molar-refractivity contribution in [3.8, 4) is 11.5 Å². The van der Waals surface area contributed by atoms with Crippen LogP contribution in [0.25, 0.3) is 11.5 Å². The quantitative estimate of drug-likeness (QED) is 0.743. The first-order chi connectivity index (χ1) is 6.77. The lowest BCUT2D eigenvalue weighted by Crippen LogP contribution is -1.99. The Hall–Kier alpha value is -2.17. The molecule has 2 rings (SSSR count). The summed E-state index contributed by atoms with van der Waals surface area (Å²) < 4.78 is 0. The molecule has 2 aromatic rings. The van der Waals surface area contributed by atoms with Crippen LogP contribution in [0, 0.1) is 0 Å². The van der Waals surface area contributed by atoms with Crippen molar-refractivity contribution >= 4 is 5.97 Å². The first-order valence-corrected chi connectivity index (χ1v) is 3.96. The first kappa shape index (κ1) is 8.43. The predicted octanol–water partition coefficient (Wildman–Crippen LogP) is 1.17. The van der Waals surface area contributed by atoms with Gasteiger partial charge in [0, 0.05) is 18.6 Å². The maximum absolute atomic E-state index is 10.5. The highest BCUT2D eigenvalue weighted by Gasteiger charge is 2.05. The number of H-pyrrole nitrogens is 1. The lowest BCUT2D eigenvalue weighted by molar-refractivity contribution is 0.0696. The van der Waals surface area contributed by atoms with E-state index in [1.54, 1.807) is 6.20 Å². The molecule has 0 radical (unpaired) electrons. The molecule has 0 bridgehead atoms. The fourth-order valence-corrected chi connectivity index (χ4v) is 1.05. The van der Waals surface area contributed by atoms with Gasteiger partial charge in [-0.15, -0.1) is 0 Å². The van der Waals surface area contributed by atoms with Crippen molar-refractivity contribution in [2.24, 2.45) is 0 Å². The molecule has 0 aliphatic carbocycles. The van der Waals surface area contributed by atoms with Crippen LogP contribution in [0.2, 0.25) is 0 Å². The molecule has 0 fully saturated rings. The highest BCUT2D eigenvalue weighted by atomic mass is 16.4. The molecule has 0 saturated heterocycles. The second-order valence-corrected chi connectivity index (χ2v) is 2.68. The molecular weight excluding hydrogens is 182 g/mol. The second kappa shape index (κ2) is 3.29. The van der Waals surface area contributed by atoms with Crippen molar-refractivity contribution in [2.75, 3.05) is 0 Å². The first-order valence-electron chi connectivity index (χ1n) is 3.96. The number of rotatable bonds is 2. The van der Waals surface area contributed by atoms with Gasteiger partial charge >= 0.3 is 5.97 Å². The molecule has 0 aromatic carbocycles. The zero-order chi connectivity index (χ0) is 9.97. The van der Waals surface area contributed by atoms with Crippen LogP contribution in [0.1, 0.15) is 10.4 Å². The van der Waals surface area contributed by atoms with E-state index in [4.69, 9.17) is 5.11 Å². The Kier molecular flexibility index (Phi) is 1.98. The minimum atomic E-state index is -1.02. The molecule has 0 spiro atoms. The zero-order valence-electron chi connectivity index (χ0n) is 7.14. The van der Waals surface area contributed by atoms with Crippen molar-refractivity contribution in [2.45, 2.75) is 0 Å². The summed E-state index contributed by atoms with van der Waals surface area (Å²) in [4.78, 5) is 21.3. The van der Waals surface area contributed by atoms with Gasteiger partial charge in [-0.1, -0.05) is 0 Å². The number of nitrogens with one attached hydrogen (secondary N) is 1. The Morgan fingerprint density at radius 2 is 2.07 bits per heavy atom. The van der Waals surface area contributed by atoms with Crippen molar-refractivity contribution < 1.29 is 9.90 Å². The molecule has 0 atom stereocenters. The summed E-state index contributed by atoms with van der Waals surface area (Å²) >= 11 is 0. The fourth-order valence-electron chi connectivity index (χ4n) is 1.05. The molecule has 5 nitrogen and oxygen atoms in total. The predicted molar refractivity (Wildman–Crippen MR) is 48.8 cm³/mol. The van der Waals surface area contributed by atoms with Crippen LogP contribution in [-0.2, 0) is 0 Å². The SMILES string of the molecule is O=C(O)c1cnc(-c2ccc[nH]2)nc1. The number of carboxylic acids is 1. The Bertz CT molecular complexity index is 434. The van der Waals surface area contributed by atoms with E-state index >= 15 is 0 Å². The number of carbonyl (C=O) groups is 1. The molecule has 2 heterocycles. The minimum Gasteiger partial charge on any atom is -0.478 e. The topological polar surface area (TPSA) is 78.9 Å². The third kappa shape index (κ3) is 1.47. The van der Waals surface area contributed by atoms with Crippen molar-refractivity contribution in [3.05, 3.63) is 36.3 Å². The molecule has 0 aliphatic heterocycles. The number of carboxylic acid groups (broad SMARTS) is 1. The normalized spacial score (nSPS) is 10.0.